The van der Waals surface area contributed by atoms with Gasteiger partial charge in [-0.2, -0.15) is 15.2 Å². The van der Waals surface area contributed by atoms with Crippen LogP contribution >= 0.6 is 11.6 Å². The molecule has 0 saturated carbocycles. The highest BCUT2D eigenvalue weighted by Gasteiger charge is 2.36. The van der Waals surface area contributed by atoms with E-state index in [0.29, 0.717) is 33.8 Å². The Bertz CT molecular complexity index is 1610. The molecule has 0 bridgehead atoms. The number of hydrogen-bond acceptors (Lipinski definition) is 6. The Balaban J connectivity index is 1.54. The molecular weight excluding hydrogens is 488 g/mol. The minimum atomic E-state index is -0.606. The Labute approximate surface area is 217 Å². The molecule has 182 valence electrons. The van der Waals surface area contributed by atoms with Crippen molar-refractivity contribution in [1.29, 1.82) is 0 Å². The van der Waals surface area contributed by atoms with Crippen LogP contribution in [0, 0.1) is 0 Å². The number of carbonyl (C=O) groups excluding carboxylic acids is 1. The molecule has 4 heterocycles. The third-order valence-corrected chi connectivity index (χ3v) is 6.37. The van der Waals surface area contributed by atoms with E-state index < -0.39 is 6.04 Å². The van der Waals surface area contributed by atoms with Gasteiger partial charge in [0.1, 0.15) is 18.2 Å². The molecule has 1 amide bonds. The highest BCUT2D eigenvalue weighted by atomic mass is 35.5. The molecule has 2 aromatic carbocycles. The van der Waals surface area contributed by atoms with E-state index in [4.69, 9.17) is 16.7 Å². The lowest BCUT2D eigenvalue weighted by atomic mass is 9.93. The van der Waals surface area contributed by atoms with E-state index in [2.05, 4.69) is 25.7 Å². The lowest BCUT2D eigenvalue weighted by Crippen LogP contribution is -2.31. The second-order valence-electron chi connectivity index (χ2n) is 8.48. The first-order valence-corrected chi connectivity index (χ1v) is 12.0. The largest absolute Gasteiger partial charge is 0.328 e. The smallest absolute Gasteiger partial charge is 0.257 e. The van der Waals surface area contributed by atoms with E-state index >= 15 is 0 Å². The van der Waals surface area contributed by atoms with Crippen molar-refractivity contribution in [2.75, 3.05) is 10.6 Å². The van der Waals surface area contributed by atoms with Crippen LogP contribution in [-0.4, -0.2) is 35.4 Å². The number of carbonyl (C=O) groups is 1. The fraction of sp³-hybridized carbons (Fsp3) is 0.0741. The Morgan fingerprint density at radius 1 is 1.00 bits per heavy atom. The second kappa shape index (κ2) is 9.36. The number of amides is 1. The monoisotopic (exact) mass is 508 g/mol. The standard InChI is InChI=1S/C27H21ClN8O/c1-17-23(26(37)33-22-9-5-6-14-29-22)25(36-27(32-17)30-16-31-36)21-15-35(20-7-3-2-4-8-20)34-24(21)18-10-12-19(28)13-11-18/h2-16,25H,1H3,(H,29,33,37)(H,30,31,32). The zero-order valence-electron chi connectivity index (χ0n) is 19.7. The van der Waals surface area contributed by atoms with Crippen molar-refractivity contribution in [2.24, 2.45) is 0 Å². The first-order valence-electron chi connectivity index (χ1n) is 11.6. The molecular formula is C27H21ClN8O. The molecule has 37 heavy (non-hydrogen) atoms. The highest BCUT2D eigenvalue weighted by Crippen LogP contribution is 2.39. The number of aromatic nitrogens is 6. The van der Waals surface area contributed by atoms with E-state index in [1.165, 1.54) is 6.33 Å². The number of pyridine rings is 1. The quantitative estimate of drug-likeness (QED) is 0.342. The molecule has 0 spiro atoms. The van der Waals surface area contributed by atoms with Crippen LogP contribution in [-0.2, 0) is 4.79 Å². The van der Waals surface area contributed by atoms with Crippen LogP contribution in [0.2, 0.25) is 5.02 Å². The van der Waals surface area contributed by atoms with Gasteiger partial charge < -0.3 is 10.6 Å². The number of fused-ring (bicyclic) bond motifs is 1. The lowest BCUT2D eigenvalue weighted by molar-refractivity contribution is -0.113. The fourth-order valence-electron chi connectivity index (χ4n) is 4.43. The van der Waals surface area contributed by atoms with Crippen LogP contribution in [0.5, 0.6) is 0 Å². The van der Waals surface area contributed by atoms with Crippen molar-refractivity contribution >= 4 is 29.3 Å². The Morgan fingerprint density at radius 2 is 1.78 bits per heavy atom. The number of para-hydroxylation sites is 1. The molecule has 9 nitrogen and oxygen atoms in total. The normalized spacial score (nSPS) is 14.7. The van der Waals surface area contributed by atoms with Gasteiger partial charge in [0.25, 0.3) is 5.91 Å². The molecule has 1 atom stereocenters. The molecule has 0 aliphatic carbocycles. The van der Waals surface area contributed by atoms with Crippen molar-refractivity contribution in [3.05, 3.63) is 113 Å². The number of nitrogens with zero attached hydrogens (tertiary/aromatic N) is 6. The topological polar surface area (TPSA) is 103 Å². The number of nitrogens with one attached hydrogen (secondary N) is 2. The summed E-state index contributed by atoms with van der Waals surface area (Å²) in [6, 6.07) is 22.0. The maximum Gasteiger partial charge on any atom is 0.257 e. The highest BCUT2D eigenvalue weighted by molar-refractivity contribution is 6.30. The Morgan fingerprint density at radius 3 is 2.54 bits per heavy atom. The van der Waals surface area contributed by atoms with Gasteiger partial charge in [-0.25, -0.2) is 14.3 Å². The van der Waals surface area contributed by atoms with E-state index in [-0.39, 0.29) is 5.91 Å². The predicted octanol–water partition coefficient (Wildman–Crippen LogP) is 5.11. The maximum atomic E-state index is 13.7. The van der Waals surface area contributed by atoms with E-state index in [1.807, 2.05) is 78.5 Å². The molecule has 2 N–H and O–H groups in total. The molecule has 1 aliphatic heterocycles. The predicted molar refractivity (Wildman–Crippen MR) is 141 cm³/mol. The summed E-state index contributed by atoms with van der Waals surface area (Å²) in [6.45, 7) is 1.85. The van der Waals surface area contributed by atoms with Crippen molar-refractivity contribution < 1.29 is 4.79 Å². The van der Waals surface area contributed by atoms with Crippen molar-refractivity contribution in [3.63, 3.8) is 0 Å². The van der Waals surface area contributed by atoms with Gasteiger partial charge in [-0.1, -0.05) is 48.0 Å². The van der Waals surface area contributed by atoms with Gasteiger partial charge in [0.15, 0.2) is 0 Å². The van der Waals surface area contributed by atoms with Gasteiger partial charge in [-0.15, -0.1) is 0 Å². The van der Waals surface area contributed by atoms with Gasteiger partial charge in [0.05, 0.1) is 17.0 Å². The van der Waals surface area contributed by atoms with E-state index in [0.717, 1.165) is 16.8 Å². The van der Waals surface area contributed by atoms with Gasteiger partial charge in [0.2, 0.25) is 5.95 Å². The molecule has 1 aliphatic rings. The number of hydrogen-bond donors (Lipinski definition) is 2. The zero-order chi connectivity index (χ0) is 25.4. The summed E-state index contributed by atoms with van der Waals surface area (Å²) in [5, 5.41) is 16.2. The van der Waals surface area contributed by atoms with Crippen LogP contribution in [0.3, 0.4) is 0 Å². The summed E-state index contributed by atoms with van der Waals surface area (Å²) >= 11 is 6.18. The van der Waals surface area contributed by atoms with Crippen LogP contribution < -0.4 is 10.6 Å². The van der Waals surface area contributed by atoms with Gasteiger partial charge in [0, 0.05) is 34.2 Å². The average Bonchev–Trinajstić information content (AvgIpc) is 3.57. The van der Waals surface area contributed by atoms with Crippen molar-refractivity contribution in [1.82, 2.24) is 29.5 Å². The Kier molecular flexibility index (Phi) is 5.74. The fourth-order valence-corrected chi connectivity index (χ4v) is 4.55. The third kappa shape index (κ3) is 4.25. The van der Waals surface area contributed by atoms with E-state index in [9.17, 15) is 4.79 Å². The molecule has 0 saturated heterocycles. The van der Waals surface area contributed by atoms with Gasteiger partial charge in [-0.3, -0.25) is 4.79 Å². The lowest BCUT2D eigenvalue weighted by Gasteiger charge is -2.28. The zero-order valence-corrected chi connectivity index (χ0v) is 20.5. The van der Waals surface area contributed by atoms with E-state index in [1.54, 1.807) is 23.0 Å². The number of halogens is 1. The molecule has 10 heteroatoms. The number of anilines is 2. The first kappa shape index (κ1) is 22.7. The van der Waals surface area contributed by atoms with Crippen LogP contribution in [0.25, 0.3) is 16.9 Å². The minimum absolute atomic E-state index is 0.302. The molecule has 3 aromatic heterocycles. The van der Waals surface area contributed by atoms with Gasteiger partial charge >= 0.3 is 0 Å². The number of benzene rings is 2. The molecule has 6 rings (SSSR count). The SMILES string of the molecule is CC1=C(C(=O)Nc2ccccn2)C(c2cn(-c3ccccc3)nc2-c2ccc(Cl)cc2)n2ncnc2N1. The summed E-state index contributed by atoms with van der Waals surface area (Å²) < 4.78 is 3.51. The number of allylic oxidation sites excluding steroid dienone is 1. The second-order valence-corrected chi connectivity index (χ2v) is 8.92. The van der Waals surface area contributed by atoms with Crippen LogP contribution in [0.1, 0.15) is 18.5 Å². The number of rotatable bonds is 5. The first-order chi connectivity index (χ1) is 18.1. The summed E-state index contributed by atoms with van der Waals surface area (Å²) in [6.07, 6.45) is 5.03. The van der Waals surface area contributed by atoms with Crippen molar-refractivity contribution in [2.45, 2.75) is 13.0 Å². The third-order valence-electron chi connectivity index (χ3n) is 6.12. The average molecular weight is 509 g/mol. The summed E-state index contributed by atoms with van der Waals surface area (Å²) in [5.74, 6) is 0.685. The summed E-state index contributed by atoms with van der Waals surface area (Å²) in [5.41, 5.74) is 4.36. The molecule has 1 unspecified atom stereocenters. The van der Waals surface area contributed by atoms with Crippen molar-refractivity contribution in [3.8, 4) is 16.9 Å². The molecule has 0 fully saturated rings. The van der Waals surface area contributed by atoms with Crippen LogP contribution in [0.15, 0.2) is 103 Å². The maximum absolute atomic E-state index is 13.7. The van der Waals surface area contributed by atoms with Gasteiger partial charge in [-0.05, 0) is 43.3 Å². The summed E-state index contributed by atoms with van der Waals surface area (Å²) in [4.78, 5) is 22.3. The molecule has 0 radical (unpaired) electrons. The minimum Gasteiger partial charge on any atom is -0.328 e. The Hall–Kier alpha value is -4.76. The molecule has 5 aromatic rings. The summed E-state index contributed by atoms with van der Waals surface area (Å²) in [7, 11) is 0. The van der Waals surface area contributed by atoms with Crippen LogP contribution in [0.4, 0.5) is 11.8 Å².